The Hall–Kier alpha value is -1.92. The maximum absolute atomic E-state index is 13.0. The highest BCUT2D eigenvalue weighted by Gasteiger charge is 2.55. The molecular weight excluding hydrogens is 308 g/mol. The Kier molecular flexibility index (Phi) is 3.81. The van der Waals surface area contributed by atoms with Crippen LogP contribution in [0.3, 0.4) is 0 Å². The number of aliphatic carboxylic acids is 1. The molecule has 0 bridgehead atoms. The molecule has 1 N–H and O–H groups in total. The van der Waals surface area contributed by atoms with Gasteiger partial charge in [0, 0.05) is 24.5 Å². The van der Waals surface area contributed by atoms with Crippen LogP contribution in [0.25, 0.3) is 0 Å². The van der Waals surface area contributed by atoms with Crippen molar-refractivity contribution in [2.75, 3.05) is 6.54 Å². The van der Waals surface area contributed by atoms with Gasteiger partial charge in [-0.15, -0.1) is 10.2 Å². The fourth-order valence-corrected chi connectivity index (χ4v) is 4.90. The van der Waals surface area contributed by atoms with E-state index in [1.165, 1.54) is 0 Å². The Morgan fingerprint density at radius 1 is 1.08 bits per heavy atom. The highest BCUT2D eigenvalue weighted by Crippen LogP contribution is 2.48. The molecule has 1 aliphatic heterocycles. The molecule has 7 heteroatoms. The van der Waals surface area contributed by atoms with Crippen molar-refractivity contribution in [2.24, 2.45) is 11.3 Å². The summed E-state index contributed by atoms with van der Waals surface area (Å²) in [5.74, 6) is -0.528. The van der Waals surface area contributed by atoms with Gasteiger partial charge in [-0.1, -0.05) is 19.3 Å². The third-order valence-electron chi connectivity index (χ3n) is 6.44. The minimum absolute atomic E-state index is 0.0187. The lowest BCUT2D eigenvalue weighted by Gasteiger charge is -2.40. The fourth-order valence-electron chi connectivity index (χ4n) is 4.90. The van der Waals surface area contributed by atoms with Crippen LogP contribution in [-0.2, 0) is 9.59 Å². The first kappa shape index (κ1) is 15.6. The van der Waals surface area contributed by atoms with E-state index in [4.69, 9.17) is 0 Å². The molecule has 4 rings (SSSR count). The highest BCUT2D eigenvalue weighted by atomic mass is 16.4. The zero-order valence-electron chi connectivity index (χ0n) is 13.8. The summed E-state index contributed by atoms with van der Waals surface area (Å²) in [6.07, 6.45) is 10.2. The lowest BCUT2D eigenvalue weighted by Crippen LogP contribution is -2.49. The molecule has 130 valence electrons. The number of hydrogen-bond acceptors (Lipinski definition) is 4. The van der Waals surface area contributed by atoms with Crippen molar-refractivity contribution < 1.29 is 14.7 Å². The summed E-state index contributed by atoms with van der Waals surface area (Å²) in [5.41, 5.74) is -0.705. The van der Waals surface area contributed by atoms with Crippen molar-refractivity contribution in [3.63, 3.8) is 0 Å². The van der Waals surface area contributed by atoms with E-state index in [1.807, 2.05) is 9.47 Å². The molecule has 2 heterocycles. The first-order valence-electron chi connectivity index (χ1n) is 9.00. The number of fused-ring (bicyclic) bond motifs is 1. The average molecular weight is 332 g/mol. The number of carbonyl (C=O) groups is 2. The van der Waals surface area contributed by atoms with Gasteiger partial charge in [-0.25, -0.2) is 0 Å². The molecule has 0 aromatic carbocycles. The Labute approximate surface area is 141 Å². The van der Waals surface area contributed by atoms with Crippen molar-refractivity contribution in [2.45, 2.75) is 63.5 Å². The third-order valence-corrected chi connectivity index (χ3v) is 6.44. The van der Waals surface area contributed by atoms with E-state index in [0.29, 0.717) is 25.4 Å². The number of aromatic nitrogens is 3. The Balaban J connectivity index is 1.46. The van der Waals surface area contributed by atoms with Gasteiger partial charge in [0.25, 0.3) is 0 Å². The van der Waals surface area contributed by atoms with Crippen molar-refractivity contribution in [1.82, 2.24) is 19.7 Å². The summed E-state index contributed by atoms with van der Waals surface area (Å²) in [4.78, 5) is 26.9. The van der Waals surface area contributed by atoms with Crippen LogP contribution < -0.4 is 0 Å². The van der Waals surface area contributed by atoms with Gasteiger partial charge in [-0.3, -0.25) is 9.59 Å². The Morgan fingerprint density at radius 2 is 1.83 bits per heavy atom. The van der Waals surface area contributed by atoms with E-state index in [0.717, 1.165) is 38.5 Å². The molecule has 3 aliphatic rings. The minimum Gasteiger partial charge on any atom is -0.481 e. The monoisotopic (exact) mass is 332 g/mol. The molecule has 0 radical (unpaired) electrons. The zero-order chi connectivity index (χ0) is 16.7. The number of carbonyl (C=O) groups excluding carboxylic acids is 1. The molecule has 3 fully saturated rings. The molecule has 2 saturated carbocycles. The summed E-state index contributed by atoms with van der Waals surface area (Å²) < 4.78 is 1.96. The lowest BCUT2D eigenvalue weighted by molar-refractivity contribution is -0.153. The SMILES string of the molecule is O=C(C1CC(n2cnnc2)C1)N1CC[C@]2(C(=O)O)CCCCC[C@H]12. The van der Waals surface area contributed by atoms with Crippen LogP contribution in [-0.4, -0.2) is 49.2 Å². The normalized spacial score (nSPS) is 35.8. The molecule has 1 aromatic heterocycles. The van der Waals surface area contributed by atoms with Crippen LogP contribution in [0.2, 0.25) is 0 Å². The second-order valence-electron chi connectivity index (χ2n) is 7.59. The lowest BCUT2D eigenvalue weighted by atomic mass is 9.75. The summed E-state index contributed by atoms with van der Waals surface area (Å²) in [7, 11) is 0. The first-order valence-corrected chi connectivity index (χ1v) is 9.00. The molecule has 2 atom stereocenters. The summed E-state index contributed by atoms with van der Waals surface area (Å²) in [6, 6.07) is 0.189. The second-order valence-corrected chi connectivity index (χ2v) is 7.59. The number of hydrogen-bond donors (Lipinski definition) is 1. The summed E-state index contributed by atoms with van der Waals surface area (Å²) in [6.45, 7) is 0.601. The molecule has 24 heavy (non-hydrogen) atoms. The van der Waals surface area contributed by atoms with Gasteiger partial charge in [0.1, 0.15) is 12.7 Å². The van der Waals surface area contributed by atoms with Crippen LogP contribution in [0.15, 0.2) is 12.7 Å². The van der Waals surface area contributed by atoms with Gasteiger partial charge in [0.05, 0.1) is 5.41 Å². The Morgan fingerprint density at radius 3 is 2.54 bits per heavy atom. The number of rotatable bonds is 3. The number of carboxylic acids is 1. The first-order chi connectivity index (χ1) is 11.6. The maximum Gasteiger partial charge on any atom is 0.311 e. The molecule has 1 amide bonds. The largest absolute Gasteiger partial charge is 0.481 e. The molecule has 2 aliphatic carbocycles. The summed E-state index contributed by atoms with van der Waals surface area (Å²) >= 11 is 0. The predicted octanol–water partition coefficient (Wildman–Crippen LogP) is 1.87. The van der Waals surface area contributed by atoms with E-state index in [-0.39, 0.29) is 17.9 Å². The van der Waals surface area contributed by atoms with E-state index < -0.39 is 11.4 Å². The number of nitrogens with zero attached hydrogens (tertiary/aromatic N) is 4. The van der Waals surface area contributed by atoms with Crippen LogP contribution >= 0.6 is 0 Å². The quantitative estimate of drug-likeness (QED) is 0.913. The second kappa shape index (κ2) is 5.86. The van der Waals surface area contributed by atoms with E-state index in [9.17, 15) is 14.7 Å². The standard InChI is InChI=1S/C17H24N4O3/c22-15(12-8-13(9-12)20-10-18-19-11-20)21-7-6-17(16(23)24)5-3-1-2-4-14(17)21/h10-14H,1-9H2,(H,23,24)/t12?,13?,14-,17+/m0/s1. The third kappa shape index (κ3) is 2.32. The van der Waals surface area contributed by atoms with Gasteiger partial charge >= 0.3 is 5.97 Å². The van der Waals surface area contributed by atoms with Gasteiger partial charge in [-0.2, -0.15) is 0 Å². The predicted molar refractivity (Wildman–Crippen MR) is 85.1 cm³/mol. The molecule has 7 nitrogen and oxygen atoms in total. The topological polar surface area (TPSA) is 88.3 Å². The number of likely N-dealkylation sites (tertiary alicyclic amines) is 1. The summed E-state index contributed by atoms with van der Waals surface area (Å²) in [5, 5.41) is 17.5. The number of amides is 1. The fraction of sp³-hybridized carbons (Fsp3) is 0.765. The van der Waals surface area contributed by atoms with Crippen LogP contribution in [0.1, 0.15) is 57.4 Å². The van der Waals surface area contributed by atoms with Gasteiger partial charge in [0.2, 0.25) is 5.91 Å². The van der Waals surface area contributed by atoms with E-state index in [2.05, 4.69) is 10.2 Å². The van der Waals surface area contributed by atoms with Crippen LogP contribution in [0.4, 0.5) is 0 Å². The van der Waals surface area contributed by atoms with Crippen molar-refractivity contribution in [3.05, 3.63) is 12.7 Å². The van der Waals surface area contributed by atoms with Gasteiger partial charge < -0.3 is 14.6 Å². The van der Waals surface area contributed by atoms with Crippen molar-refractivity contribution in [3.8, 4) is 0 Å². The van der Waals surface area contributed by atoms with Gasteiger partial charge in [0.15, 0.2) is 0 Å². The molecule has 1 saturated heterocycles. The van der Waals surface area contributed by atoms with Crippen LogP contribution in [0.5, 0.6) is 0 Å². The van der Waals surface area contributed by atoms with Crippen molar-refractivity contribution in [1.29, 1.82) is 0 Å². The van der Waals surface area contributed by atoms with Crippen LogP contribution in [0, 0.1) is 11.3 Å². The van der Waals surface area contributed by atoms with Gasteiger partial charge in [-0.05, 0) is 32.1 Å². The number of carboxylic acid groups (broad SMARTS) is 1. The average Bonchev–Trinajstić information content (AvgIpc) is 3.10. The maximum atomic E-state index is 13.0. The molecular formula is C17H24N4O3. The van der Waals surface area contributed by atoms with Crippen molar-refractivity contribution >= 4 is 11.9 Å². The molecule has 0 spiro atoms. The van der Waals surface area contributed by atoms with E-state index >= 15 is 0 Å². The minimum atomic E-state index is -0.708. The molecule has 1 aromatic rings. The Bertz CT molecular complexity index is 626. The highest BCUT2D eigenvalue weighted by molar-refractivity contribution is 5.83. The van der Waals surface area contributed by atoms with E-state index in [1.54, 1.807) is 12.7 Å². The zero-order valence-corrected chi connectivity index (χ0v) is 13.8. The molecule has 0 unspecified atom stereocenters. The smallest absolute Gasteiger partial charge is 0.311 e.